The van der Waals surface area contributed by atoms with Gasteiger partial charge in [0.05, 0.1) is 10.5 Å². The highest BCUT2D eigenvalue weighted by Crippen LogP contribution is 2.23. The van der Waals surface area contributed by atoms with E-state index in [4.69, 9.17) is 4.74 Å². The maximum absolute atomic E-state index is 12.7. The zero-order valence-electron chi connectivity index (χ0n) is 18.0. The number of hydrogen-bond acceptors (Lipinski definition) is 5. The molecule has 0 unspecified atom stereocenters. The van der Waals surface area contributed by atoms with Crippen LogP contribution in [0.5, 0.6) is 0 Å². The van der Waals surface area contributed by atoms with Gasteiger partial charge in [-0.15, -0.1) is 0 Å². The average Bonchev–Trinajstić information content (AvgIpc) is 2.66. The van der Waals surface area contributed by atoms with Gasteiger partial charge in [-0.3, -0.25) is 4.79 Å². The van der Waals surface area contributed by atoms with Gasteiger partial charge < -0.3 is 9.64 Å². The van der Waals surface area contributed by atoms with Gasteiger partial charge in [-0.2, -0.15) is 4.31 Å². The number of ether oxygens (including phenoxy) is 1. The lowest BCUT2D eigenvalue weighted by Crippen LogP contribution is -2.49. The molecule has 0 saturated carbocycles. The highest BCUT2D eigenvalue weighted by atomic mass is 32.2. The maximum atomic E-state index is 12.7. The van der Waals surface area contributed by atoms with Gasteiger partial charge in [0.1, 0.15) is 0 Å². The maximum Gasteiger partial charge on any atom is 0.338 e. The van der Waals surface area contributed by atoms with E-state index in [1.807, 2.05) is 13.8 Å². The molecule has 7 nitrogen and oxygen atoms in total. The van der Waals surface area contributed by atoms with Gasteiger partial charge in [-0.1, -0.05) is 19.9 Å². The molecule has 0 bridgehead atoms. The van der Waals surface area contributed by atoms with Gasteiger partial charge in [0.2, 0.25) is 10.0 Å². The van der Waals surface area contributed by atoms with Crippen LogP contribution in [-0.4, -0.2) is 61.3 Å². The summed E-state index contributed by atoms with van der Waals surface area (Å²) in [6.07, 6.45) is 2.96. The van der Waals surface area contributed by atoms with Crippen LogP contribution in [0.4, 0.5) is 0 Å². The van der Waals surface area contributed by atoms with E-state index < -0.39 is 16.0 Å². The minimum Gasteiger partial charge on any atom is -0.452 e. The van der Waals surface area contributed by atoms with Gasteiger partial charge in [0, 0.05) is 25.2 Å². The van der Waals surface area contributed by atoms with E-state index in [1.165, 1.54) is 16.4 Å². The average molecular weight is 425 g/mol. The first-order chi connectivity index (χ1) is 13.6. The first kappa shape index (κ1) is 23.3. The molecule has 0 aromatic heterocycles. The normalized spacial score (nSPS) is 20.0. The summed E-state index contributed by atoms with van der Waals surface area (Å²) in [5.74, 6) is -0.910. The number of nitrogens with zero attached hydrogens (tertiary/aromatic N) is 2. The number of rotatable bonds is 7. The van der Waals surface area contributed by atoms with E-state index in [1.54, 1.807) is 31.7 Å². The second-order valence-electron chi connectivity index (χ2n) is 7.57. The minimum absolute atomic E-state index is 0.0448. The molecule has 1 aromatic carbocycles. The summed E-state index contributed by atoms with van der Waals surface area (Å²) in [5.41, 5.74) is 0.756. The molecule has 162 valence electrons. The fraction of sp³-hybridized carbons (Fsp3) is 0.619. The summed E-state index contributed by atoms with van der Waals surface area (Å²) in [6.45, 7) is 9.57. The fourth-order valence-electron chi connectivity index (χ4n) is 3.89. The molecule has 0 spiro atoms. The van der Waals surface area contributed by atoms with Crippen LogP contribution in [-0.2, 0) is 19.6 Å². The van der Waals surface area contributed by atoms with E-state index in [0.29, 0.717) is 18.7 Å². The summed E-state index contributed by atoms with van der Waals surface area (Å²) in [6, 6.07) is 4.65. The van der Waals surface area contributed by atoms with Crippen molar-refractivity contribution in [1.29, 1.82) is 0 Å². The van der Waals surface area contributed by atoms with E-state index >= 15 is 0 Å². The smallest absolute Gasteiger partial charge is 0.338 e. The minimum atomic E-state index is -3.69. The van der Waals surface area contributed by atoms with Crippen molar-refractivity contribution in [3.05, 3.63) is 29.3 Å². The molecule has 2 atom stereocenters. The quantitative estimate of drug-likeness (QED) is 0.629. The molecule has 1 amide bonds. The van der Waals surface area contributed by atoms with Crippen LogP contribution in [0.2, 0.25) is 0 Å². The Kier molecular flexibility index (Phi) is 7.82. The van der Waals surface area contributed by atoms with Gasteiger partial charge in [0.25, 0.3) is 5.91 Å². The van der Waals surface area contributed by atoms with E-state index in [2.05, 4.69) is 0 Å². The Bertz CT molecular complexity index is 839. The Labute approximate surface area is 174 Å². The molecule has 29 heavy (non-hydrogen) atoms. The van der Waals surface area contributed by atoms with Crippen molar-refractivity contribution in [2.45, 2.75) is 70.9 Å². The zero-order valence-corrected chi connectivity index (χ0v) is 18.8. The topological polar surface area (TPSA) is 84.0 Å². The van der Waals surface area contributed by atoms with Gasteiger partial charge in [-0.25, -0.2) is 13.2 Å². The third-order valence-corrected chi connectivity index (χ3v) is 7.63. The second-order valence-corrected chi connectivity index (χ2v) is 9.51. The van der Waals surface area contributed by atoms with E-state index in [-0.39, 0.29) is 35.1 Å². The number of likely N-dealkylation sites (tertiary alicyclic amines) is 1. The van der Waals surface area contributed by atoms with E-state index in [0.717, 1.165) is 19.3 Å². The predicted molar refractivity (Wildman–Crippen MR) is 111 cm³/mol. The van der Waals surface area contributed by atoms with Crippen molar-refractivity contribution in [3.8, 4) is 0 Å². The third kappa shape index (κ3) is 5.17. The molecule has 2 rings (SSSR count). The molecular weight excluding hydrogens is 392 g/mol. The predicted octanol–water partition coefficient (Wildman–Crippen LogP) is 2.97. The van der Waals surface area contributed by atoms with Gasteiger partial charge in [0.15, 0.2) is 6.61 Å². The first-order valence-corrected chi connectivity index (χ1v) is 11.7. The Morgan fingerprint density at radius 3 is 2.28 bits per heavy atom. The van der Waals surface area contributed by atoms with Crippen LogP contribution in [0, 0.1) is 6.92 Å². The Morgan fingerprint density at radius 1 is 1.14 bits per heavy atom. The molecule has 1 heterocycles. The van der Waals surface area contributed by atoms with Crippen LogP contribution in [0.3, 0.4) is 0 Å². The standard InChI is InChI=1S/C21H32N2O5S/c1-6-22(7-2)29(26,27)18-12-11-15(3)19(13-18)21(25)28-14-20(24)23-16(4)9-8-10-17(23)5/h11-13,16-17H,6-10,14H2,1-5H3/t16-,17+. The lowest BCUT2D eigenvalue weighted by atomic mass is 9.97. The lowest BCUT2D eigenvalue weighted by Gasteiger charge is -2.38. The number of amides is 1. The number of piperidine rings is 1. The zero-order chi connectivity index (χ0) is 21.8. The van der Waals surface area contributed by atoms with Crippen LogP contribution in [0.1, 0.15) is 62.9 Å². The number of esters is 1. The summed E-state index contributed by atoms with van der Waals surface area (Å²) in [4.78, 5) is 27.0. The number of sulfonamides is 1. The largest absolute Gasteiger partial charge is 0.452 e. The second kappa shape index (κ2) is 9.71. The van der Waals surface area contributed by atoms with Crippen LogP contribution in [0.25, 0.3) is 0 Å². The van der Waals surface area contributed by atoms with Crippen molar-refractivity contribution < 1.29 is 22.7 Å². The fourth-order valence-corrected chi connectivity index (χ4v) is 5.37. The molecule has 0 aliphatic carbocycles. The summed E-state index contributed by atoms with van der Waals surface area (Å²) >= 11 is 0. The number of carbonyl (C=O) groups excluding carboxylic acids is 2. The third-order valence-electron chi connectivity index (χ3n) is 5.58. The van der Waals surface area contributed by atoms with Crippen LogP contribution < -0.4 is 0 Å². The Morgan fingerprint density at radius 2 is 1.72 bits per heavy atom. The van der Waals surface area contributed by atoms with E-state index in [9.17, 15) is 18.0 Å². The summed E-state index contributed by atoms with van der Waals surface area (Å²) in [7, 11) is -3.69. The van der Waals surface area contributed by atoms with Crippen molar-refractivity contribution in [1.82, 2.24) is 9.21 Å². The van der Waals surface area contributed by atoms with Crippen molar-refractivity contribution >= 4 is 21.9 Å². The molecule has 8 heteroatoms. The van der Waals surface area contributed by atoms with Crippen LogP contribution in [0.15, 0.2) is 23.1 Å². The molecule has 0 radical (unpaired) electrons. The van der Waals surface area contributed by atoms with Gasteiger partial charge in [-0.05, 0) is 57.7 Å². The van der Waals surface area contributed by atoms with Crippen molar-refractivity contribution in [3.63, 3.8) is 0 Å². The molecule has 1 fully saturated rings. The number of hydrogen-bond donors (Lipinski definition) is 0. The number of carbonyl (C=O) groups is 2. The molecular formula is C21H32N2O5S. The molecule has 0 N–H and O–H groups in total. The van der Waals surface area contributed by atoms with Crippen LogP contribution >= 0.6 is 0 Å². The molecule has 1 aromatic rings. The summed E-state index contributed by atoms with van der Waals surface area (Å²) in [5, 5.41) is 0. The molecule has 1 aliphatic heterocycles. The van der Waals surface area contributed by atoms with Crippen molar-refractivity contribution in [2.75, 3.05) is 19.7 Å². The highest BCUT2D eigenvalue weighted by molar-refractivity contribution is 7.89. The van der Waals surface area contributed by atoms with Crippen molar-refractivity contribution in [2.24, 2.45) is 0 Å². The molecule has 1 aliphatic rings. The monoisotopic (exact) mass is 424 g/mol. The molecule has 1 saturated heterocycles. The Balaban J connectivity index is 2.16. The van der Waals surface area contributed by atoms with Gasteiger partial charge >= 0.3 is 5.97 Å². The number of aryl methyl sites for hydroxylation is 1. The Hall–Kier alpha value is -1.93. The highest BCUT2D eigenvalue weighted by Gasteiger charge is 2.30. The summed E-state index contributed by atoms with van der Waals surface area (Å²) < 4.78 is 32.1. The lowest BCUT2D eigenvalue weighted by molar-refractivity contribution is -0.140. The number of benzene rings is 1. The first-order valence-electron chi connectivity index (χ1n) is 10.2. The SMILES string of the molecule is CCN(CC)S(=O)(=O)c1ccc(C)c(C(=O)OCC(=O)N2[C@H](C)CCC[C@@H]2C)c1.